The largest absolute Gasteiger partial charge is 0.488 e. The normalized spacial score (nSPS) is 17.0. The van der Waals surface area contributed by atoms with E-state index in [0.717, 1.165) is 14.4 Å². The highest BCUT2D eigenvalue weighted by atomic mass is 127. The molecule has 3 aliphatic heterocycles. The van der Waals surface area contributed by atoms with Crippen LogP contribution >= 0.6 is 61.1 Å². The highest BCUT2D eigenvalue weighted by molar-refractivity contribution is 14.1. The number of carbonyl (C=O) groups excluding carboxylic acids is 1. The molecule has 0 aliphatic carbocycles. The number of rotatable bonds is 2. The first-order valence-corrected chi connectivity index (χ1v) is 15.4. The molecule has 220 valence electrons. The summed E-state index contributed by atoms with van der Waals surface area (Å²) in [5.41, 5.74) is 1.11. The maximum Gasteiger partial charge on any atom is 0.416 e. The van der Waals surface area contributed by atoms with E-state index in [9.17, 15) is 22.4 Å². The molecule has 0 spiro atoms. The number of ether oxygens (including phenoxy) is 3. The van der Waals surface area contributed by atoms with Crippen LogP contribution in [0.2, 0.25) is 0 Å². The van der Waals surface area contributed by atoms with Crippen LogP contribution < -0.4 is 14.4 Å². The van der Waals surface area contributed by atoms with Gasteiger partial charge in [-0.1, -0.05) is 0 Å². The molecule has 0 unspecified atom stereocenters. The van der Waals surface area contributed by atoms with E-state index in [-0.39, 0.29) is 29.7 Å². The summed E-state index contributed by atoms with van der Waals surface area (Å²) >= 11 is 7.17. The number of hydrogen-bond acceptors (Lipinski definition) is 6. The van der Waals surface area contributed by atoms with Crippen molar-refractivity contribution in [3.8, 4) is 34.3 Å². The standard InChI is InChI=1S/C15H11F3IN3O3.C11H7BrFIN2O/c16-11-8(19)2-1-7-12(11)24-4-3-21-5-10(20-14(7)21)22-9(13(17)18)6-25-15(22)23;12-7-2-1-6-10(9(7)13)17-4-3-16-5-8(14)15-11(6)16/h1-2,5,9,13H,3-4,6H2;1-2,5H,3-4H2/t9-;/m0./s1. The Hall–Kier alpha value is -2.61. The van der Waals surface area contributed by atoms with E-state index in [1.54, 1.807) is 22.8 Å². The second-order valence-corrected chi connectivity index (χ2v) is 12.3. The summed E-state index contributed by atoms with van der Waals surface area (Å²) in [5, 5.41) is 0. The van der Waals surface area contributed by atoms with Crippen LogP contribution in [0.3, 0.4) is 0 Å². The van der Waals surface area contributed by atoms with Crippen molar-refractivity contribution in [3.63, 3.8) is 0 Å². The van der Waals surface area contributed by atoms with Crippen LogP contribution in [0.25, 0.3) is 22.8 Å². The number of anilines is 1. The van der Waals surface area contributed by atoms with Gasteiger partial charge < -0.3 is 23.3 Å². The second-order valence-electron chi connectivity index (χ2n) is 9.22. The van der Waals surface area contributed by atoms with Gasteiger partial charge in [-0.15, -0.1) is 0 Å². The molecule has 0 radical (unpaired) electrons. The SMILES string of the molecule is Fc1c(Br)ccc2c1OCCn1cc(I)nc1-2.O=C1OC[C@@H](C(F)F)N1c1cn2c(n1)-c1ccc(I)c(F)c1OCC2. The summed E-state index contributed by atoms with van der Waals surface area (Å²) in [6, 6.07) is 5.34. The third kappa shape index (κ3) is 5.33. The van der Waals surface area contributed by atoms with Crippen LogP contribution in [0.4, 0.5) is 28.2 Å². The Morgan fingerprint density at radius 1 is 0.881 bits per heavy atom. The minimum Gasteiger partial charge on any atom is -0.488 e. The van der Waals surface area contributed by atoms with Gasteiger partial charge in [-0.3, -0.25) is 0 Å². The molecular formula is C26H18BrF4I2N5O4. The van der Waals surface area contributed by atoms with Gasteiger partial charge in [0.25, 0.3) is 6.43 Å². The fourth-order valence-corrected chi connectivity index (χ4v) is 6.05. The van der Waals surface area contributed by atoms with E-state index in [4.69, 9.17) is 14.2 Å². The molecule has 1 fully saturated rings. The molecule has 0 bridgehead atoms. The molecule has 0 N–H and O–H groups in total. The Bertz CT molecular complexity index is 1700. The van der Waals surface area contributed by atoms with Crippen LogP contribution in [-0.2, 0) is 17.8 Å². The van der Waals surface area contributed by atoms with Gasteiger partial charge in [0, 0.05) is 12.4 Å². The summed E-state index contributed by atoms with van der Waals surface area (Å²) in [6.07, 6.45) is -0.216. The first kappa shape index (κ1) is 29.5. The monoisotopic (exact) mass is 873 g/mol. The fourth-order valence-electron chi connectivity index (χ4n) is 4.75. The molecule has 3 aliphatic rings. The molecule has 1 saturated heterocycles. The number of fused-ring (bicyclic) bond motifs is 6. The minimum atomic E-state index is -2.76. The van der Waals surface area contributed by atoms with E-state index < -0.39 is 31.0 Å². The number of hydrogen-bond donors (Lipinski definition) is 0. The molecule has 7 rings (SSSR count). The third-order valence-corrected chi connectivity index (χ3v) is 8.66. The summed E-state index contributed by atoms with van der Waals surface area (Å²) in [6.45, 7) is 1.26. The van der Waals surface area contributed by atoms with Gasteiger partial charge in [0.1, 0.15) is 41.2 Å². The Morgan fingerprint density at radius 2 is 1.50 bits per heavy atom. The zero-order chi connectivity index (χ0) is 29.7. The molecular weight excluding hydrogens is 856 g/mol. The number of benzene rings is 2. The predicted molar refractivity (Wildman–Crippen MR) is 163 cm³/mol. The number of aromatic nitrogens is 4. The maximum absolute atomic E-state index is 14.3. The van der Waals surface area contributed by atoms with Crippen LogP contribution in [0, 0.1) is 18.9 Å². The Morgan fingerprint density at radius 3 is 2.19 bits per heavy atom. The fraction of sp³-hybridized carbons (Fsp3) is 0.269. The summed E-state index contributed by atoms with van der Waals surface area (Å²) in [5.74, 6) is 0.641. The smallest absolute Gasteiger partial charge is 0.416 e. The number of halogens is 7. The van der Waals surface area contributed by atoms with E-state index in [1.807, 2.05) is 39.4 Å². The third-order valence-electron chi connectivity index (χ3n) is 6.69. The van der Waals surface area contributed by atoms with E-state index in [2.05, 4.69) is 48.5 Å². The van der Waals surface area contributed by atoms with Gasteiger partial charge in [-0.2, -0.15) is 0 Å². The van der Waals surface area contributed by atoms with Gasteiger partial charge in [0.2, 0.25) is 0 Å². The van der Waals surface area contributed by atoms with Crippen molar-refractivity contribution >= 4 is 73.0 Å². The Kier molecular flexibility index (Phi) is 8.29. The lowest BCUT2D eigenvalue weighted by Gasteiger charge is -2.17. The van der Waals surface area contributed by atoms with Gasteiger partial charge in [-0.25, -0.2) is 37.2 Å². The highest BCUT2D eigenvalue weighted by Gasteiger charge is 2.42. The molecule has 5 heterocycles. The van der Waals surface area contributed by atoms with Crippen LogP contribution in [0.1, 0.15) is 0 Å². The lowest BCUT2D eigenvalue weighted by molar-refractivity contribution is 0.104. The van der Waals surface area contributed by atoms with Crippen molar-refractivity contribution in [3.05, 3.63) is 60.0 Å². The number of nitrogens with zero attached hydrogens (tertiary/aromatic N) is 5. The average Bonchev–Trinajstić information content (AvgIpc) is 3.59. The average molecular weight is 874 g/mol. The zero-order valence-corrected chi connectivity index (χ0v) is 27.1. The highest BCUT2D eigenvalue weighted by Crippen LogP contribution is 2.39. The molecule has 0 saturated carbocycles. The number of amides is 1. The predicted octanol–water partition coefficient (Wildman–Crippen LogP) is 6.73. The van der Waals surface area contributed by atoms with Crippen molar-refractivity contribution in [2.24, 2.45) is 0 Å². The molecule has 4 aromatic rings. The van der Waals surface area contributed by atoms with Gasteiger partial charge in [-0.05, 0) is 85.4 Å². The molecule has 16 heteroatoms. The van der Waals surface area contributed by atoms with Crippen molar-refractivity contribution in [2.45, 2.75) is 25.6 Å². The Labute approximate surface area is 271 Å². The van der Waals surface area contributed by atoms with E-state index in [1.165, 1.54) is 6.20 Å². The Balaban J connectivity index is 0.000000162. The number of carbonyl (C=O) groups is 1. The van der Waals surface area contributed by atoms with Crippen LogP contribution in [-0.4, -0.2) is 57.5 Å². The first-order valence-electron chi connectivity index (χ1n) is 12.4. The molecule has 1 atom stereocenters. The summed E-state index contributed by atoms with van der Waals surface area (Å²) in [7, 11) is 0. The van der Waals surface area contributed by atoms with E-state index >= 15 is 0 Å². The van der Waals surface area contributed by atoms with Crippen LogP contribution in [0.15, 0.2) is 41.1 Å². The molecule has 2 aromatic carbocycles. The second kappa shape index (κ2) is 11.8. The zero-order valence-electron chi connectivity index (χ0n) is 21.2. The first-order chi connectivity index (χ1) is 20.1. The topological polar surface area (TPSA) is 83.6 Å². The number of imidazole rings is 2. The van der Waals surface area contributed by atoms with Crippen molar-refractivity contribution in [1.29, 1.82) is 0 Å². The van der Waals surface area contributed by atoms with Crippen molar-refractivity contribution in [2.75, 3.05) is 24.7 Å². The van der Waals surface area contributed by atoms with E-state index in [0.29, 0.717) is 44.7 Å². The number of alkyl halides is 2. The lowest BCUT2D eigenvalue weighted by Crippen LogP contribution is -2.38. The van der Waals surface area contributed by atoms with Gasteiger partial charge >= 0.3 is 6.09 Å². The van der Waals surface area contributed by atoms with Crippen LogP contribution in [0.5, 0.6) is 11.5 Å². The summed E-state index contributed by atoms with van der Waals surface area (Å²) < 4.78 is 75.6. The van der Waals surface area contributed by atoms with Crippen molar-refractivity contribution in [1.82, 2.24) is 19.1 Å². The minimum absolute atomic E-state index is 0.0506. The van der Waals surface area contributed by atoms with Gasteiger partial charge in [0.05, 0.1) is 32.3 Å². The molecule has 2 aromatic heterocycles. The van der Waals surface area contributed by atoms with Crippen molar-refractivity contribution < 1.29 is 36.6 Å². The lowest BCUT2D eigenvalue weighted by atomic mass is 10.2. The molecule has 9 nitrogen and oxygen atoms in total. The summed E-state index contributed by atoms with van der Waals surface area (Å²) in [4.78, 5) is 21.4. The molecule has 42 heavy (non-hydrogen) atoms. The maximum atomic E-state index is 14.3. The molecule has 1 amide bonds. The number of cyclic esters (lactones) is 1. The van der Waals surface area contributed by atoms with Gasteiger partial charge in [0.15, 0.2) is 29.0 Å². The quantitative estimate of drug-likeness (QED) is 0.164.